The number of aliphatic hydroxyl groups is 1. The Morgan fingerprint density at radius 2 is 1.94 bits per heavy atom. The van der Waals surface area contributed by atoms with Crippen LogP contribution in [0.5, 0.6) is 5.75 Å². The highest BCUT2D eigenvalue weighted by molar-refractivity contribution is 9.10. The summed E-state index contributed by atoms with van der Waals surface area (Å²) in [6.07, 6.45) is 0.839. The highest BCUT2D eigenvalue weighted by Crippen LogP contribution is 2.30. The molecule has 0 aliphatic rings. The van der Waals surface area contributed by atoms with Gasteiger partial charge in [0.05, 0.1) is 13.4 Å². The summed E-state index contributed by atoms with van der Waals surface area (Å²) < 4.78 is 10.7. The molecular formula is C12H11BrO3. The van der Waals surface area contributed by atoms with Crippen molar-refractivity contribution in [3.05, 3.63) is 52.4 Å². The van der Waals surface area contributed by atoms with Gasteiger partial charge in [0.1, 0.15) is 11.9 Å². The Balaban J connectivity index is 2.27. The fourth-order valence-electron chi connectivity index (χ4n) is 1.47. The number of methoxy groups -OCH3 is 1. The van der Waals surface area contributed by atoms with Crippen LogP contribution < -0.4 is 4.74 Å². The van der Waals surface area contributed by atoms with Gasteiger partial charge in [0.2, 0.25) is 0 Å². The largest absolute Gasteiger partial charge is 0.497 e. The van der Waals surface area contributed by atoms with Gasteiger partial charge in [-0.3, -0.25) is 0 Å². The van der Waals surface area contributed by atoms with Gasteiger partial charge in [0, 0.05) is 5.56 Å². The molecule has 1 aromatic heterocycles. The lowest BCUT2D eigenvalue weighted by Gasteiger charge is -2.10. The maximum Gasteiger partial charge on any atom is 0.175 e. The molecule has 84 valence electrons. The second kappa shape index (κ2) is 4.72. The van der Waals surface area contributed by atoms with Gasteiger partial charge in [-0.1, -0.05) is 12.1 Å². The molecule has 16 heavy (non-hydrogen) atoms. The fraction of sp³-hybridized carbons (Fsp3) is 0.167. The molecular weight excluding hydrogens is 272 g/mol. The fourth-order valence-corrected chi connectivity index (χ4v) is 1.92. The number of hydrogen-bond donors (Lipinski definition) is 1. The molecule has 0 aliphatic carbocycles. The topological polar surface area (TPSA) is 42.6 Å². The molecule has 0 aliphatic heterocycles. The number of halogens is 1. The van der Waals surface area contributed by atoms with E-state index in [2.05, 4.69) is 15.9 Å². The zero-order chi connectivity index (χ0) is 11.5. The monoisotopic (exact) mass is 282 g/mol. The van der Waals surface area contributed by atoms with Crippen molar-refractivity contribution >= 4 is 15.9 Å². The summed E-state index contributed by atoms with van der Waals surface area (Å²) in [5.41, 5.74) is 1.51. The van der Waals surface area contributed by atoms with E-state index in [4.69, 9.17) is 9.15 Å². The summed E-state index contributed by atoms with van der Waals surface area (Å²) in [4.78, 5) is 0. The minimum Gasteiger partial charge on any atom is -0.497 e. The standard InChI is InChI=1S/C12H11BrO3/c1-15-9-4-2-8(3-5-9)11(14)10-6-7-16-12(10)13/h2-7,11,14H,1H3. The highest BCUT2D eigenvalue weighted by atomic mass is 79.9. The average Bonchev–Trinajstić information content (AvgIpc) is 2.75. The Hall–Kier alpha value is -1.26. The minimum atomic E-state index is -0.695. The molecule has 1 N–H and O–H groups in total. The van der Waals surface area contributed by atoms with Crippen molar-refractivity contribution in [3.63, 3.8) is 0 Å². The molecule has 0 saturated carbocycles. The first-order chi connectivity index (χ1) is 7.72. The Kier molecular flexibility index (Phi) is 3.31. The lowest BCUT2D eigenvalue weighted by molar-refractivity contribution is 0.218. The van der Waals surface area contributed by atoms with Gasteiger partial charge < -0.3 is 14.3 Å². The van der Waals surface area contributed by atoms with E-state index in [0.717, 1.165) is 11.3 Å². The predicted octanol–water partition coefficient (Wildman–Crippen LogP) is 3.13. The third-order valence-corrected chi connectivity index (χ3v) is 3.02. The van der Waals surface area contributed by atoms with Gasteiger partial charge in [-0.2, -0.15) is 0 Å². The molecule has 1 unspecified atom stereocenters. The maximum atomic E-state index is 10.1. The third kappa shape index (κ3) is 2.13. The first kappa shape index (κ1) is 11.2. The van der Waals surface area contributed by atoms with E-state index in [1.54, 1.807) is 13.2 Å². The highest BCUT2D eigenvalue weighted by Gasteiger charge is 2.15. The van der Waals surface area contributed by atoms with E-state index in [1.165, 1.54) is 6.26 Å². The average molecular weight is 283 g/mol. The first-order valence-electron chi connectivity index (χ1n) is 4.77. The minimum absolute atomic E-state index is 0.552. The molecule has 0 bridgehead atoms. The van der Waals surface area contributed by atoms with Gasteiger partial charge in [-0.05, 0) is 39.7 Å². The second-order valence-corrected chi connectivity index (χ2v) is 4.05. The summed E-state index contributed by atoms with van der Waals surface area (Å²) >= 11 is 3.24. The van der Waals surface area contributed by atoms with Gasteiger partial charge in [-0.15, -0.1) is 0 Å². The summed E-state index contributed by atoms with van der Waals surface area (Å²) in [7, 11) is 1.61. The van der Waals surface area contributed by atoms with Gasteiger partial charge in [0.15, 0.2) is 4.67 Å². The molecule has 2 rings (SSSR count). The van der Waals surface area contributed by atoms with Crippen LogP contribution in [0.25, 0.3) is 0 Å². The normalized spacial score (nSPS) is 12.4. The summed E-state index contributed by atoms with van der Waals surface area (Å²) in [6.45, 7) is 0. The van der Waals surface area contributed by atoms with Crippen molar-refractivity contribution in [1.29, 1.82) is 0 Å². The molecule has 3 nitrogen and oxygen atoms in total. The van der Waals surface area contributed by atoms with Crippen LogP contribution in [0.1, 0.15) is 17.2 Å². The number of aliphatic hydroxyl groups excluding tert-OH is 1. The zero-order valence-electron chi connectivity index (χ0n) is 8.68. The number of benzene rings is 1. The lowest BCUT2D eigenvalue weighted by Crippen LogP contribution is -1.98. The number of hydrogen-bond acceptors (Lipinski definition) is 3. The quantitative estimate of drug-likeness (QED) is 0.941. The Labute approximate surface area is 102 Å². The number of furan rings is 1. The SMILES string of the molecule is COc1ccc(C(O)c2ccoc2Br)cc1. The molecule has 0 amide bonds. The molecule has 0 spiro atoms. The number of rotatable bonds is 3. The van der Waals surface area contributed by atoms with Crippen molar-refractivity contribution < 1.29 is 14.3 Å². The first-order valence-corrected chi connectivity index (χ1v) is 5.56. The van der Waals surface area contributed by atoms with Crippen LogP contribution in [0.4, 0.5) is 0 Å². The molecule has 1 atom stereocenters. The van der Waals surface area contributed by atoms with Crippen LogP contribution in [-0.2, 0) is 0 Å². The zero-order valence-corrected chi connectivity index (χ0v) is 10.3. The van der Waals surface area contributed by atoms with E-state index in [1.807, 2.05) is 24.3 Å². The Bertz CT molecular complexity index is 461. The summed E-state index contributed by atoms with van der Waals surface area (Å²) in [5.74, 6) is 0.766. The summed E-state index contributed by atoms with van der Waals surface area (Å²) in [6, 6.07) is 9.00. The van der Waals surface area contributed by atoms with E-state index in [0.29, 0.717) is 10.2 Å². The maximum absolute atomic E-state index is 10.1. The van der Waals surface area contributed by atoms with E-state index >= 15 is 0 Å². The van der Waals surface area contributed by atoms with Crippen molar-refractivity contribution in [2.75, 3.05) is 7.11 Å². The molecule has 1 aromatic carbocycles. The Morgan fingerprint density at radius 3 is 2.44 bits per heavy atom. The van der Waals surface area contributed by atoms with Crippen molar-refractivity contribution in [2.24, 2.45) is 0 Å². The Morgan fingerprint density at radius 1 is 1.25 bits per heavy atom. The lowest BCUT2D eigenvalue weighted by atomic mass is 10.0. The van der Waals surface area contributed by atoms with Crippen LogP contribution in [0, 0.1) is 0 Å². The predicted molar refractivity (Wildman–Crippen MR) is 63.5 cm³/mol. The van der Waals surface area contributed by atoms with Crippen LogP contribution in [0.3, 0.4) is 0 Å². The van der Waals surface area contributed by atoms with Crippen molar-refractivity contribution in [1.82, 2.24) is 0 Å². The van der Waals surface area contributed by atoms with E-state index < -0.39 is 6.10 Å². The molecule has 0 fully saturated rings. The smallest absolute Gasteiger partial charge is 0.175 e. The molecule has 0 radical (unpaired) electrons. The molecule has 2 aromatic rings. The van der Waals surface area contributed by atoms with Gasteiger partial charge in [-0.25, -0.2) is 0 Å². The number of ether oxygens (including phenoxy) is 1. The molecule has 0 saturated heterocycles. The van der Waals surface area contributed by atoms with Crippen molar-refractivity contribution in [2.45, 2.75) is 6.10 Å². The van der Waals surface area contributed by atoms with Gasteiger partial charge >= 0.3 is 0 Å². The van der Waals surface area contributed by atoms with Gasteiger partial charge in [0.25, 0.3) is 0 Å². The second-order valence-electron chi connectivity index (χ2n) is 3.33. The van der Waals surface area contributed by atoms with Crippen molar-refractivity contribution in [3.8, 4) is 5.75 Å². The summed E-state index contributed by atoms with van der Waals surface area (Å²) in [5, 5.41) is 10.1. The van der Waals surface area contributed by atoms with Crippen LogP contribution in [-0.4, -0.2) is 12.2 Å². The van der Waals surface area contributed by atoms with Crippen LogP contribution in [0.15, 0.2) is 45.7 Å². The van der Waals surface area contributed by atoms with E-state index in [9.17, 15) is 5.11 Å². The molecule has 4 heteroatoms. The third-order valence-electron chi connectivity index (χ3n) is 2.37. The van der Waals surface area contributed by atoms with Crippen LogP contribution >= 0.6 is 15.9 Å². The van der Waals surface area contributed by atoms with E-state index in [-0.39, 0.29) is 0 Å². The van der Waals surface area contributed by atoms with Crippen LogP contribution in [0.2, 0.25) is 0 Å². The molecule has 1 heterocycles.